The fourth-order valence-electron chi connectivity index (χ4n) is 3.49. The van der Waals surface area contributed by atoms with E-state index in [0.717, 1.165) is 48.1 Å². The molecule has 3 rings (SSSR count). The molecule has 5 nitrogen and oxygen atoms in total. The predicted octanol–water partition coefficient (Wildman–Crippen LogP) is 3.05. The molecule has 5 heteroatoms. The van der Waals surface area contributed by atoms with Gasteiger partial charge < -0.3 is 15.0 Å². The van der Waals surface area contributed by atoms with Gasteiger partial charge in [-0.1, -0.05) is 19.1 Å². The molecule has 2 aromatic rings. The Morgan fingerprint density at radius 3 is 3.04 bits per heavy atom. The summed E-state index contributed by atoms with van der Waals surface area (Å²) in [6.07, 6.45) is 4.55. The Morgan fingerprint density at radius 1 is 1.46 bits per heavy atom. The molecule has 1 aromatic carbocycles. The van der Waals surface area contributed by atoms with Gasteiger partial charge in [-0.2, -0.15) is 0 Å². The lowest BCUT2D eigenvalue weighted by atomic mass is 10.0. The molecule has 1 amide bonds. The number of methoxy groups -OCH3 is 1. The summed E-state index contributed by atoms with van der Waals surface area (Å²) in [5.74, 6) is 0.918. The second-order valence-electron chi connectivity index (χ2n) is 6.35. The van der Waals surface area contributed by atoms with Crippen molar-refractivity contribution < 1.29 is 9.53 Å². The van der Waals surface area contributed by atoms with E-state index in [-0.39, 0.29) is 11.9 Å². The molecule has 1 saturated heterocycles. The van der Waals surface area contributed by atoms with Crippen LogP contribution in [0.5, 0.6) is 5.75 Å². The number of piperidine rings is 1. The van der Waals surface area contributed by atoms with Gasteiger partial charge in [0, 0.05) is 37.1 Å². The van der Waals surface area contributed by atoms with Crippen molar-refractivity contribution in [1.29, 1.82) is 0 Å². The highest BCUT2D eigenvalue weighted by atomic mass is 16.5. The van der Waals surface area contributed by atoms with Crippen LogP contribution in [-0.4, -0.2) is 37.1 Å². The first-order valence-electron chi connectivity index (χ1n) is 8.60. The normalized spacial score (nSPS) is 17.8. The maximum Gasteiger partial charge on any atom is 0.219 e. The van der Waals surface area contributed by atoms with Crippen LogP contribution in [0.4, 0.5) is 5.69 Å². The van der Waals surface area contributed by atoms with Gasteiger partial charge in [-0.05, 0) is 31.4 Å². The minimum absolute atomic E-state index is 0.125. The summed E-state index contributed by atoms with van der Waals surface area (Å²) in [7, 11) is 1.67. The van der Waals surface area contributed by atoms with E-state index in [4.69, 9.17) is 4.74 Å². The fraction of sp³-hybridized carbons (Fsp3) is 0.474. The second kappa shape index (κ2) is 7.07. The molecule has 24 heavy (non-hydrogen) atoms. The van der Waals surface area contributed by atoms with Gasteiger partial charge in [-0.25, -0.2) is 0 Å². The number of nitrogens with one attached hydrogen (secondary N) is 1. The number of aryl methyl sites for hydroxylation is 1. The third-order valence-electron chi connectivity index (χ3n) is 4.66. The monoisotopic (exact) mass is 327 g/mol. The SMILES string of the molecule is CCC(=O)NC1CCCN(c2c(C)cnc3c(OC)cccc23)C1. The topological polar surface area (TPSA) is 54.5 Å². The van der Waals surface area contributed by atoms with Crippen molar-refractivity contribution in [1.82, 2.24) is 10.3 Å². The van der Waals surface area contributed by atoms with E-state index < -0.39 is 0 Å². The summed E-state index contributed by atoms with van der Waals surface area (Å²) in [4.78, 5) is 18.7. The van der Waals surface area contributed by atoms with E-state index in [1.54, 1.807) is 7.11 Å². The van der Waals surface area contributed by atoms with E-state index in [9.17, 15) is 4.79 Å². The van der Waals surface area contributed by atoms with Crippen LogP contribution in [0.3, 0.4) is 0 Å². The van der Waals surface area contributed by atoms with Crippen molar-refractivity contribution in [2.75, 3.05) is 25.1 Å². The van der Waals surface area contributed by atoms with Gasteiger partial charge in [0.1, 0.15) is 11.3 Å². The Kier molecular flexibility index (Phi) is 4.88. The first-order valence-corrected chi connectivity index (χ1v) is 8.60. The number of pyridine rings is 1. The maximum absolute atomic E-state index is 11.7. The zero-order valence-electron chi connectivity index (χ0n) is 14.6. The number of amides is 1. The number of fused-ring (bicyclic) bond motifs is 1. The molecule has 1 N–H and O–H groups in total. The van der Waals surface area contributed by atoms with Gasteiger partial charge >= 0.3 is 0 Å². The van der Waals surface area contributed by atoms with E-state index >= 15 is 0 Å². The first-order chi connectivity index (χ1) is 11.6. The highest BCUT2D eigenvalue weighted by molar-refractivity contribution is 5.96. The van der Waals surface area contributed by atoms with Crippen molar-refractivity contribution >= 4 is 22.5 Å². The van der Waals surface area contributed by atoms with Gasteiger partial charge in [0.2, 0.25) is 5.91 Å². The molecule has 0 radical (unpaired) electrons. The molecule has 1 aromatic heterocycles. The van der Waals surface area contributed by atoms with Crippen molar-refractivity contribution in [3.63, 3.8) is 0 Å². The quantitative estimate of drug-likeness (QED) is 0.938. The molecule has 1 unspecified atom stereocenters. The van der Waals surface area contributed by atoms with Crippen LogP contribution in [0.1, 0.15) is 31.7 Å². The fourth-order valence-corrected chi connectivity index (χ4v) is 3.49. The average molecular weight is 327 g/mol. The maximum atomic E-state index is 11.7. The Labute approximate surface area is 143 Å². The zero-order valence-corrected chi connectivity index (χ0v) is 14.6. The number of para-hydroxylation sites is 1. The van der Waals surface area contributed by atoms with E-state index in [0.29, 0.717) is 6.42 Å². The van der Waals surface area contributed by atoms with Gasteiger partial charge in [0.25, 0.3) is 0 Å². The number of hydrogen-bond donors (Lipinski definition) is 1. The Balaban J connectivity index is 1.96. The van der Waals surface area contributed by atoms with Crippen LogP contribution < -0.4 is 15.0 Å². The molecule has 0 aliphatic carbocycles. The second-order valence-corrected chi connectivity index (χ2v) is 6.35. The van der Waals surface area contributed by atoms with Crippen LogP contribution in [0.25, 0.3) is 10.9 Å². The number of nitrogens with zero attached hydrogens (tertiary/aromatic N) is 2. The van der Waals surface area contributed by atoms with Gasteiger partial charge in [0.05, 0.1) is 12.8 Å². The summed E-state index contributed by atoms with van der Waals surface area (Å²) in [6.45, 7) is 5.82. The molecule has 1 aliphatic rings. The molecular weight excluding hydrogens is 302 g/mol. The standard InChI is InChI=1S/C19H25N3O2/c1-4-17(23)21-14-7-6-10-22(12-14)19-13(2)11-20-18-15(19)8-5-9-16(18)24-3/h5,8-9,11,14H,4,6-7,10,12H2,1-3H3,(H,21,23). The molecule has 1 atom stereocenters. The summed E-state index contributed by atoms with van der Waals surface area (Å²) in [5, 5.41) is 4.25. The average Bonchev–Trinajstić information content (AvgIpc) is 2.61. The number of anilines is 1. The van der Waals surface area contributed by atoms with Gasteiger partial charge in [0.15, 0.2) is 0 Å². The van der Waals surface area contributed by atoms with Crippen molar-refractivity contribution in [3.8, 4) is 5.75 Å². The summed E-state index contributed by atoms with van der Waals surface area (Å²) in [5.41, 5.74) is 3.24. The number of ether oxygens (including phenoxy) is 1. The molecule has 1 aliphatic heterocycles. The molecular formula is C19H25N3O2. The third kappa shape index (κ3) is 3.16. The number of carbonyl (C=O) groups excluding carboxylic acids is 1. The lowest BCUT2D eigenvalue weighted by Gasteiger charge is -2.36. The van der Waals surface area contributed by atoms with Crippen molar-refractivity contribution in [3.05, 3.63) is 30.0 Å². The minimum atomic E-state index is 0.125. The minimum Gasteiger partial charge on any atom is -0.494 e. The van der Waals surface area contributed by atoms with Crippen LogP contribution in [0, 0.1) is 6.92 Å². The lowest BCUT2D eigenvalue weighted by Crippen LogP contribution is -2.47. The Bertz CT molecular complexity index is 745. The number of benzene rings is 1. The third-order valence-corrected chi connectivity index (χ3v) is 4.66. The molecule has 1 fully saturated rings. The summed E-state index contributed by atoms with van der Waals surface area (Å²) < 4.78 is 5.46. The zero-order chi connectivity index (χ0) is 17.1. The molecule has 0 saturated carbocycles. The van der Waals surface area contributed by atoms with Crippen LogP contribution in [0.15, 0.2) is 24.4 Å². The number of hydrogen-bond acceptors (Lipinski definition) is 4. The van der Waals surface area contributed by atoms with E-state index in [1.165, 1.54) is 5.69 Å². The van der Waals surface area contributed by atoms with E-state index in [1.807, 2.05) is 25.3 Å². The van der Waals surface area contributed by atoms with Crippen molar-refractivity contribution in [2.24, 2.45) is 0 Å². The van der Waals surface area contributed by atoms with Gasteiger partial charge in [-0.3, -0.25) is 9.78 Å². The number of carbonyl (C=O) groups is 1. The summed E-state index contributed by atoms with van der Waals surface area (Å²) in [6, 6.07) is 6.25. The predicted molar refractivity (Wildman–Crippen MR) is 96.7 cm³/mol. The molecule has 128 valence electrons. The van der Waals surface area contributed by atoms with Gasteiger partial charge in [-0.15, -0.1) is 0 Å². The molecule has 0 bridgehead atoms. The van der Waals surface area contributed by atoms with Crippen LogP contribution in [-0.2, 0) is 4.79 Å². The highest BCUT2D eigenvalue weighted by Crippen LogP contribution is 2.34. The van der Waals surface area contributed by atoms with E-state index in [2.05, 4.69) is 28.2 Å². The first kappa shape index (κ1) is 16.6. The molecule has 2 heterocycles. The number of rotatable bonds is 4. The molecule has 0 spiro atoms. The lowest BCUT2D eigenvalue weighted by molar-refractivity contribution is -0.121. The Morgan fingerprint density at radius 2 is 2.29 bits per heavy atom. The summed E-state index contributed by atoms with van der Waals surface area (Å²) >= 11 is 0. The van der Waals surface area contributed by atoms with Crippen LogP contribution >= 0.6 is 0 Å². The largest absolute Gasteiger partial charge is 0.494 e. The Hall–Kier alpha value is -2.30. The van der Waals surface area contributed by atoms with Crippen LogP contribution in [0.2, 0.25) is 0 Å². The smallest absolute Gasteiger partial charge is 0.219 e. The van der Waals surface area contributed by atoms with Crippen molar-refractivity contribution in [2.45, 2.75) is 39.2 Å². The highest BCUT2D eigenvalue weighted by Gasteiger charge is 2.24. The number of aromatic nitrogens is 1.